The number of para-hydroxylation sites is 1. The maximum absolute atomic E-state index is 12.8. The highest BCUT2D eigenvalue weighted by molar-refractivity contribution is 5.93. The van der Waals surface area contributed by atoms with E-state index < -0.39 is 0 Å². The van der Waals surface area contributed by atoms with Crippen LogP contribution in [0.2, 0.25) is 0 Å². The van der Waals surface area contributed by atoms with Crippen LogP contribution in [0.5, 0.6) is 0 Å². The number of nitrogens with zero attached hydrogens (tertiary/aromatic N) is 3. The van der Waals surface area contributed by atoms with Crippen molar-refractivity contribution in [1.82, 2.24) is 14.8 Å². The van der Waals surface area contributed by atoms with Crippen molar-refractivity contribution < 1.29 is 4.79 Å². The molecule has 1 saturated heterocycles. The third-order valence-corrected chi connectivity index (χ3v) is 5.04. The van der Waals surface area contributed by atoms with Gasteiger partial charge in [-0.1, -0.05) is 32.0 Å². The number of anilines is 2. The van der Waals surface area contributed by atoms with Gasteiger partial charge in [-0.15, -0.1) is 0 Å². The first kappa shape index (κ1) is 18.4. The minimum atomic E-state index is 0.0150. The molecule has 0 aliphatic carbocycles. The molecule has 5 heteroatoms. The van der Waals surface area contributed by atoms with Gasteiger partial charge in [0.2, 0.25) is 0 Å². The summed E-state index contributed by atoms with van der Waals surface area (Å²) < 4.78 is 0. The molecule has 0 spiro atoms. The van der Waals surface area contributed by atoms with Crippen molar-refractivity contribution in [1.29, 1.82) is 0 Å². The Kier molecular flexibility index (Phi) is 5.89. The number of hydrogen-bond acceptors (Lipinski definition) is 4. The molecule has 1 aromatic heterocycles. The molecular weight excluding hydrogens is 324 g/mol. The van der Waals surface area contributed by atoms with Crippen LogP contribution in [0, 0.1) is 0 Å². The fraction of sp³-hybridized carbons (Fsp3) is 0.429. The Bertz CT molecular complexity index is 744. The molecule has 0 radical (unpaired) electrons. The number of carbonyl (C=O) groups excluding carboxylic acids is 1. The van der Waals surface area contributed by atoms with Crippen molar-refractivity contribution in [2.45, 2.75) is 26.7 Å². The Morgan fingerprint density at radius 2 is 1.73 bits per heavy atom. The number of aromatic nitrogens is 1. The molecule has 2 heterocycles. The van der Waals surface area contributed by atoms with Gasteiger partial charge in [0, 0.05) is 43.8 Å². The maximum Gasteiger partial charge on any atom is 0.272 e. The summed E-state index contributed by atoms with van der Waals surface area (Å²) in [5.74, 6) is 0.0150. The van der Waals surface area contributed by atoms with Crippen LogP contribution in [0.25, 0.3) is 0 Å². The van der Waals surface area contributed by atoms with E-state index in [4.69, 9.17) is 0 Å². The second-order valence-corrected chi connectivity index (χ2v) is 6.81. The summed E-state index contributed by atoms with van der Waals surface area (Å²) in [6.07, 6.45) is 3.65. The van der Waals surface area contributed by atoms with Crippen molar-refractivity contribution in [3.05, 3.63) is 53.3 Å². The van der Waals surface area contributed by atoms with Crippen molar-refractivity contribution in [2.24, 2.45) is 0 Å². The molecule has 0 atom stereocenters. The van der Waals surface area contributed by atoms with Gasteiger partial charge in [-0.05, 0) is 43.1 Å². The van der Waals surface area contributed by atoms with Gasteiger partial charge in [-0.25, -0.2) is 0 Å². The highest BCUT2D eigenvalue weighted by Gasteiger charge is 2.21. The summed E-state index contributed by atoms with van der Waals surface area (Å²) in [5.41, 5.74) is 5.14. The van der Waals surface area contributed by atoms with E-state index in [1.807, 2.05) is 17.0 Å². The predicted molar refractivity (Wildman–Crippen MR) is 106 cm³/mol. The standard InChI is InChI=1S/C21H28N4O/c1-4-16-7-6-8-17(5-2)20(16)23-18-9-10-22-19(15-18)21(26)25-13-11-24(3)12-14-25/h6-10,15H,4-5,11-14H2,1-3H3,(H,22,23). The van der Waals surface area contributed by atoms with E-state index in [2.05, 4.69) is 54.3 Å². The fourth-order valence-electron chi connectivity index (χ4n) is 3.34. The minimum absolute atomic E-state index is 0.0150. The lowest BCUT2D eigenvalue weighted by Crippen LogP contribution is -2.47. The maximum atomic E-state index is 12.8. The first-order valence-electron chi connectivity index (χ1n) is 9.44. The Morgan fingerprint density at radius 1 is 1.08 bits per heavy atom. The van der Waals surface area contributed by atoms with Crippen LogP contribution in [0.15, 0.2) is 36.5 Å². The fourth-order valence-corrected chi connectivity index (χ4v) is 3.34. The number of aryl methyl sites for hydroxylation is 2. The molecule has 1 aliphatic heterocycles. The van der Waals surface area contributed by atoms with Crippen molar-refractivity contribution in [2.75, 3.05) is 38.5 Å². The monoisotopic (exact) mass is 352 g/mol. The van der Waals surface area contributed by atoms with Crippen LogP contribution in [-0.2, 0) is 12.8 Å². The zero-order valence-electron chi connectivity index (χ0n) is 16.0. The number of hydrogen-bond donors (Lipinski definition) is 1. The third kappa shape index (κ3) is 4.05. The van der Waals surface area contributed by atoms with E-state index in [9.17, 15) is 4.79 Å². The van der Waals surface area contributed by atoms with Crippen LogP contribution in [-0.4, -0.2) is 53.9 Å². The average molecular weight is 352 g/mol. The highest BCUT2D eigenvalue weighted by atomic mass is 16.2. The van der Waals surface area contributed by atoms with Crippen LogP contribution in [0.1, 0.15) is 35.5 Å². The number of benzene rings is 1. The second-order valence-electron chi connectivity index (χ2n) is 6.81. The van der Waals surface area contributed by atoms with E-state index in [1.54, 1.807) is 6.20 Å². The molecule has 26 heavy (non-hydrogen) atoms. The van der Waals surface area contributed by atoms with Crippen LogP contribution < -0.4 is 5.32 Å². The number of amides is 1. The SMILES string of the molecule is CCc1cccc(CC)c1Nc1ccnc(C(=O)N2CCN(C)CC2)c1. The lowest BCUT2D eigenvalue weighted by atomic mass is 10.0. The Hall–Kier alpha value is -2.40. The molecule has 1 fully saturated rings. The lowest BCUT2D eigenvalue weighted by molar-refractivity contribution is 0.0658. The van der Waals surface area contributed by atoms with E-state index in [0.717, 1.165) is 50.4 Å². The molecule has 2 aromatic rings. The largest absolute Gasteiger partial charge is 0.355 e. The number of carbonyl (C=O) groups is 1. The molecule has 1 N–H and O–H groups in total. The van der Waals surface area contributed by atoms with Gasteiger partial charge in [0.25, 0.3) is 5.91 Å². The molecule has 138 valence electrons. The lowest BCUT2D eigenvalue weighted by Gasteiger charge is -2.32. The van der Waals surface area contributed by atoms with Crippen LogP contribution in [0.4, 0.5) is 11.4 Å². The smallest absolute Gasteiger partial charge is 0.272 e. The molecule has 0 saturated carbocycles. The summed E-state index contributed by atoms with van der Waals surface area (Å²) in [4.78, 5) is 21.2. The summed E-state index contributed by atoms with van der Waals surface area (Å²) in [6, 6.07) is 10.2. The van der Waals surface area contributed by atoms with Crippen LogP contribution in [0.3, 0.4) is 0 Å². The average Bonchev–Trinajstić information content (AvgIpc) is 2.68. The second kappa shape index (κ2) is 8.32. The van der Waals surface area contributed by atoms with Gasteiger partial charge in [0.15, 0.2) is 0 Å². The minimum Gasteiger partial charge on any atom is -0.355 e. The van der Waals surface area contributed by atoms with Crippen LogP contribution >= 0.6 is 0 Å². The number of piperazine rings is 1. The number of likely N-dealkylation sites (N-methyl/N-ethyl adjacent to an activating group) is 1. The number of pyridine rings is 1. The molecule has 3 rings (SSSR count). The van der Waals surface area contributed by atoms with Crippen molar-refractivity contribution in [3.8, 4) is 0 Å². The van der Waals surface area contributed by atoms with E-state index in [-0.39, 0.29) is 5.91 Å². The Morgan fingerprint density at radius 3 is 2.35 bits per heavy atom. The highest BCUT2D eigenvalue weighted by Crippen LogP contribution is 2.26. The van der Waals surface area contributed by atoms with Gasteiger partial charge < -0.3 is 15.1 Å². The van der Waals surface area contributed by atoms with E-state index >= 15 is 0 Å². The summed E-state index contributed by atoms with van der Waals surface area (Å²) in [7, 11) is 2.08. The Labute approximate surface area is 156 Å². The van der Waals surface area contributed by atoms with E-state index in [1.165, 1.54) is 11.1 Å². The molecular formula is C21H28N4O. The summed E-state index contributed by atoms with van der Waals surface area (Å²) in [5, 5.41) is 3.53. The quantitative estimate of drug-likeness (QED) is 0.897. The van der Waals surface area contributed by atoms with Gasteiger partial charge in [0.05, 0.1) is 0 Å². The number of rotatable bonds is 5. The summed E-state index contributed by atoms with van der Waals surface area (Å²) >= 11 is 0. The van der Waals surface area contributed by atoms with Gasteiger partial charge in [-0.2, -0.15) is 0 Å². The first-order chi connectivity index (χ1) is 12.6. The van der Waals surface area contributed by atoms with Crippen molar-refractivity contribution >= 4 is 17.3 Å². The topological polar surface area (TPSA) is 48.5 Å². The molecule has 5 nitrogen and oxygen atoms in total. The van der Waals surface area contributed by atoms with Crippen molar-refractivity contribution in [3.63, 3.8) is 0 Å². The Balaban J connectivity index is 1.81. The predicted octanol–water partition coefficient (Wildman–Crippen LogP) is 3.34. The van der Waals surface area contributed by atoms with Gasteiger partial charge in [-0.3, -0.25) is 9.78 Å². The molecule has 1 amide bonds. The molecule has 0 unspecified atom stereocenters. The molecule has 1 aromatic carbocycles. The molecule has 0 bridgehead atoms. The summed E-state index contributed by atoms with van der Waals surface area (Å²) in [6.45, 7) is 7.66. The molecule has 1 aliphatic rings. The normalized spacial score (nSPS) is 15.1. The van der Waals surface area contributed by atoms with Gasteiger partial charge in [0.1, 0.15) is 5.69 Å². The van der Waals surface area contributed by atoms with E-state index in [0.29, 0.717) is 5.69 Å². The first-order valence-corrected chi connectivity index (χ1v) is 9.44. The third-order valence-electron chi connectivity index (χ3n) is 5.04. The zero-order chi connectivity index (χ0) is 18.5. The van der Waals surface area contributed by atoms with Gasteiger partial charge >= 0.3 is 0 Å². The number of nitrogens with one attached hydrogen (secondary N) is 1. The zero-order valence-corrected chi connectivity index (χ0v) is 16.0.